The predicted molar refractivity (Wildman–Crippen MR) is 116 cm³/mol. The van der Waals surface area contributed by atoms with Crippen LogP contribution < -0.4 is 0 Å². The number of aldehydes is 1. The predicted octanol–water partition coefficient (Wildman–Crippen LogP) is 3.82. The van der Waals surface area contributed by atoms with Crippen molar-refractivity contribution in [1.82, 2.24) is 0 Å². The molecule has 7 heteroatoms. The second-order valence-corrected chi connectivity index (χ2v) is 9.00. The van der Waals surface area contributed by atoms with Gasteiger partial charge in [-0.05, 0) is 19.1 Å². The van der Waals surface area contributed by atoms with E-state index in [9.17, 15) is 9.00 Å². The van der Waals surface area contributed by atoms with E-state index in [1.807, 2.05) is 61.5 Å². The maximum absolute atomic E-state index is 12.4. The molecule has 0 saturated carbocycles. The van der Waals surface area contributed by atoms with Gasteiger partial charge in [-0.15, -0.1) is 0 Å². The standard InChI is InChI=1S/C24H26O6S/c1-17-7-9-19(10-8-17)31(26)14-13-27-21-15-22-23(29-20(21)11-12-25)16-28-24(30-22)18-5-3-2-4-6-18/h2-10,12-14,20-24H,11,15-16H2,1H3/b14-13+/t20-,21+,22-,23+,24+,31?/m0/s1. The van der Waals surface area contributed by atoms with Crippen molar-refractivity contribution in [2.24, 2.45) is 0 Å². The molecule has 164 valence electrons. The number of ether oxygens (including phenoxy) is 4. The van der Waals surface area contributed by atoms with Gasteiger partial charge in [0.1, 0.15) is 24.6 Å². The lowest BCUT2D eigenvalue weighted by atomic mass is 9.95. The van der Waals surface area contributed by atoms with Crippen LogP contribution in [-0.2, 0) is 34.5 Å². The Bertz CT molecular complexity index is 913. The molecule has 0 N–H and O–H groups in total. The van der Waals surface area contributed by atoms with Gasteiger partial charge in [0.2, 0.25) is 0 Å². The number of fused-ring (bicyclic) bond motifs is 1. The molecule has 2 heterocycles. The van der Waals surface area contributed by atoms with E-state index in [4.69, 9.17) is 18.9 Å². The Morgan fingerprint density at radius 3 is 2.58 bits per heavy atom. The first-order valence-corrected chi connectivity index (χ1v) is 11.6. The third-order valence-corrected chi connectivity index (χ3v) is 6.53. The van der Waals surface area contributed by atoms with Gasteiger partial charge in [0.15, 0.2) is 6.29 Å². The maximum atomic E-state index is 12.4. The third-order valence-electron chi connectivity index (χ3n) is 5.44. The number of hydrogen-bond acceptors (Lipinski definition) is 6. The Hall–Kier alpha value is -2.32. The SMILES string of the molecule is Cc1ccc(S(=O)/C=C/O[C@@H]2C[C@@H]3O[C@H](c4ccccc4)OC[C@H]3O[C@H]2CC=O)cc1. The number of aryl methyl sites for hydroxylation is 1. The lowest BCUT2D eigenvalue weighted by Gasteiger charge is -2.44. The summed E-state index contributed by atoms with van der Waals surface area (Å²) in [6.07, 6.45) is 1.31. The smallest absolute Gasteiger partial charge is 0.184 e. The van der Waals surface area contributed by atoms with Crippen molar-refractivity contribution in [3.63, 3.8) is 0 Å². The van der Waals surface area contributed by atoms with Crippen molar-refractivity contribution in [3.8, 4) is 0 Å². The van der Waals surface area contributed by atoms with Crippen molar-refractivity contribution in [1.29, 1.82) is 0 Å². The van der Waals surface area contributed by atoms with Crippen LogP contribution in [0.15, 0.2) is 71.2 Å². The van der Waals surface area contributed by atoms with Gasteiger partial charge in [0.25, 0.3) is 0 Å². The van der Waals surface area contributed by atoms with E-state index in [1.54, 1.807) is 0 Å². The van der Waals surface area contributed by atoms with Crippen molar-refractivity contribution in [3.05, 3.63) is 77.4 Å². The third kappa shape index (κ3) is 5.49. The van der Waals surface area contributed by atoms with E-state index in [2.05, 4.69) is 0 Å². The van der Waals surface area contributed by atoms with Crippen molar-refractivity contribution < 1.29 is 28.0 Å². The van der Waals surface area contributed by atoms with E-state index >= 15 is 0 Å². The Labute approximate surface area is 184 Å². The normalized spacial score (nSPS) is 29.3. The summed E-state index contributed by atoms with van der Waals surface area (Å²) in [5.74, 6) is 0. The molecular formula is C24H26O6S. The van der Waals surface area contributed by atoms with Gasteiger partial charge in [0.05, 0.1) is 29.8 Å². The highest BCUT2D eigenvalue weighted by Gasteiger charge is 2.43. The zero-order valence-corrected chi connectivity index (χ0v) is 18.1. The first-order chi connectivity index (χ1) is 15.1. The highest BCUT2D eigenvalue weighted by molar-refractivity contribution is 7.88. The van der Waals surface area contributed by atoms with E-state index in [0.29, 0.717) is 17.9 Å². The Balaban J connectivity index is 1.40. The molecule has 0 bridgehead atoms. The number of carbonyl (C=O) groups excluding carboxylic acids is 1. The van der Waals surface area contributed by atoms with Crippen molar-refractivity contribution in [2.45, 2.75) is 55.4 Å². The lowest BCUT2D eigenvalue weighted by molar-refractivity contribution is -0.301. The number of rotatable bonds is 7. The Kier molecular flexibility index (Phi) is 7.29. The highest BCUT2D eigenvalue weighted by atomic mass is 32.2. The summed E-state index contributed by atoms with van der Waals surface area (Å²) in [6.45, 7) is 2.37. The van der Waals surface area contributed by atoms with Crippen molar-refractivity contribution >= 4 is 17.1 Å². The largest absolute Gasteiger partial charge is 0.495 e. The minimum atomic E-state index is -1.32. The lowest BCUT2D eigenvalue weighted by Crippen LogP contribution is -2.53. The first-order valence-electron chi connectivity index (χ1n) is 10.3. The fourth-order valence-corrected chi connectivity index (χ4v) is 4.49. The topological polar surface area (TPSA) is 71.1 Å². The molecule has 1 unspecified atom stereocenters. The van der Waals surface area contributed by atoms with E-state index < -0.39 is 23.2 Å². The van der Waals surface area contributed by atoms with Crippen LogP contribution in [0, 0.1) is 6.92 Å². The van der Waals surface area contributed by atoms with Crippen LogP contribution in [0.4, 0.5) is 0 Å². The highest BCUT2D eigenvalue weighted by Crippen LogP contribution is 2.35. The first kappa shape index (κ1) is 21.9. The monoisotopic (exact) mass is 442 g/mol. The second kappa shape index (κ2) is 10.3. The molecule has 2 aliphatic rings. The summed E-state index contributed by atoms with van der Waals surface area (Å²) in [4.78, 5) is 11.8. The van der Waals surface area contributed by atoms with Crippen LogP contribution in [0.25, 0.3) is 0 Å². The van der Waals surface area contributed by atoms with Gasteiger partial charge in [0, 0.05) is 28.7 Å². The maximum Gasteiger partial charge on any atom is 0.184 e. The van der Waals surface area contributed by atoms with E-state index in [-0.39, 0.29) is 24.7 Å². The zero-order chi connectivity index (χ0) is 21.6. The minimum absolute atomic E-state index is 0.213. The summed E-state index contributed by atoms with van der Waals surface area (Å²) in [6, 6.07) is 17.2. The molecule has 2 saturated heterocycles. The summed E-state index contributed by atoms with van der Waals surface area (Å²) < 4.78 is 36.4. The average molecular weight is 443 g/mol. The number of carbonyl (C=O) groups is 1. The average Bonchev–Trinajstić information content (AvgIpc) is 2.80. The van der Waals surface area contributed by atoms with Crippen LogP contribution in [0.5, 0.6) is 0 Å². The molecular weight excluding hydrogens is 416 g/mol. The van der Waals surface area contributed by atoms with Gasteiger partial charge in [-0.3, -0.25) is 0 Å². The van der Waals surface area contributed by atoms with Gasteiger partial charge in [-0.2, -0.15) is 0 Å². The number of benzene rings is 2. The van der Waals surface area contributed by atoms with Crippen LogP contribution in [0.3, 0.4) is 0 Å². The molecule has 0 amide bonds. The molecule has 31 heavy (non-hydrogen) atoms. The summed E-state index contributed by atoms with van der Waals surface area (Å²) in [5.41, 5.74) is 2.05. The Morgan fingerprint density at radius 2 is 1.84 bits per heavy atom. The molecule has 0 aliphatic carbocycles. The van der Waals surface area contributed by atoms with Gasteiger partial charge < -0.3 is 23.7 Å². The number of hydrogen-bond donors (Lipinski definition) is 0. The fourth-order valence-electron chi connectivity index (χ4n) is 3.77. The molecule has 6 nitrogen and oxygen atoms in total. The molecule has 6 atom stereocenters. The summed E-state index contributed by atoms with van der Waals surface area (Å²) in [5, 5.41) is 1.51. The molecule has 0 radical (unpaired) electrons. The fraction of sp³-hybridized carbons (Fsp3) is 0.375. The molecule has 4 rings (SSSR count). The minimum Gasteiger partial charge on any atom is -0.495 e. The van der Waals surface area contributed by atoms with Gasteiger partial charge in [-0.25, -0.2) is 4.21 Å². The Morgan fingerprint density at radius 1 is 1.06 bits per heavy atom. The van der Waals surface area contributed by atoms with Crippen LogP contribution in [0.2, 0.25) is 0 Å². The molecule has 2 fully saturated rings. The van der Waals surface area contributed by atoms with E-state index in [1.165, 1.54) is 11.7 Å². The molecule has 2 aliphatic heterocycles. The van der Waals surface area contributed by atoms with Crippen molar-refractivity contribution in [2.75, 3.05) is 6.61 Å². The van der Waals surface area contributed by atoms with Crippen LogP contribution in [-0.4, -0.2) is 41.5 Å². The summed E-state index contributed by atoms with van der Waals surface area (Å²) >= 11 is 0. The molecule has 2 aromatic rings. The summed E-state index contributed by atoms with van der Waals surface area (Å²) in [7, 11) is -1.32. The van der Waals surface area contributed by atoms with Crippen LogP contribution >= 0.6 is 0 Å². The van der Waals surface area contributed by atoms with E-state index in [0.717, 1.165) is 17.4 Å². The zero-order valence-electron chi connectivity index (χ0n) is 17.3. The van der Waals surface area contributed by atoms with Crippen LogP contribution in [0.1, 0.15) is 30.3 Å². The van der Waals surface area contributed by atoms with Gasteiger partial charge in [-0.1, -0.05) is 48.0 Å². The molecule has 2 aromatic carbocycles. The van der Waals surface area contributed by atoms with Gasteiger partial charge >= 0.3 is 0 Å². The quantitative estimate of drug-likeness (QED) is 0.480. The molecule has 0 aromatic heterocycles. The molecule has 0 spiro atoms. The second-order valence-electron chi connectivity index (χ2n) is 7.66.